The predicted octanol–water partition coefficient (Wildman–Crippen LogP) is 3.98. The van der Waals surface area contributed by atoms with Gasteiger partial charge in [-0.15, -0.1) is 0 Å². The zero-order valence-electron chi connectivity index (χ0n) is 16.4. The minimum Gasteiger partial charge on any atom is -0.462 e. The zero-order valence-corrected chi connectivity index (χ0v) is 18.4. The van der Waals surface area contributed by atoms with Crippen molar-refractivity contribution in [1.82, 2.24) is 0 Å². The lowest BCUT2D eigenvalue weighted by atomic mass is 10.4. The van der Waals surface area contributed by atoms with E-state index < -0.39 is 16.6 Å². The first-order valence-corrected chi connectivity index (χ1v) is 14.9. The van der Waals surface area contributed by atoms with Gasteiger partial charge in [0.05, 0.1) is 19.8 Å². The number of rotatable bonds is 14. The normalized spacial score (nSPS) is 12.2. The third-order valence-electron chi connectivity index (χ3n) is 3.56. The number of hydrogen-bond donors (Lipinski definition) is 0. The summed E-state index contributed by atoms with van der Waals surface area (Å²) in [5.41, 5.74) is 0.448. The molecule has 0 unspecified atom stereocenters. The second-order valence-corrected chi connectivity index (χ2v) is 16.2. The van der Waals surface area contributed by atoms with Crippen LogP contribution < -0.4 is 0 Å². The fraction of sp³-hybridized carbons (Fsp3) is 0.824. The monoisotopic (exact) mass is 376 g/mol. The standard InChI is InChI=1S/C17H36O5Si2/c1-16(2)17(18)21-11-9-15-24(6,7)22-23(4,5)14-8-10-20-13-12-19-3/h1,8-15H2,2-7H3. The SMILES string of the molecule is C=C(C)C(=O)OCCC[Si](C)(C)O[Si](C)(C)CCCOCCOC. The van der Waals surface area contributed by atoms with Gasteiger partial charge >= 0.3 is 5.97 Å². The molecule has 5 nitrogen and oxygen atoms in total. The molecule has 142 valence electrons. The average molecular weight is 377 g/mol. The maximum atomic E-state index is 11.4. The van der Waals surface area contributed by atoms with Gasteiger partial charge in [0.25, 0.3) is 0 Å². The van der Waals surface area contributed by atoms with Crippen molar-refractivity contribution < 1.29 is 23.1 Å². The highest BCUT2D eigenvalue weighted by atomic mass is 28.4. The summed E-state index contributed by atoms with van der Waals surface area (Å²) in [4.78, 5) is 11.4. The van der Waals surface area contributed by atoms with E-state index in [9.17, 15) is 4.79 Å². The van der Waals surface area contributed by atoms with E-state index in [-0.39, 0.29) is 5.97 Å². The summed E-state index contributed by atoms with van der Waals surface area (Å²) in [5.74, 6) is -0.307. The number of methoxy groups -OCH3 is 1. The summed E-state index contributed by atoms with van der Waals surface area (Å²) < 4.78 is 22.2. The van der Waals surface area contributed by atoms with Gasteiger partial charge in [-0.25, -0.2) is 4.79 Å². The molecule has 0 spiro atoms. The highest BCUT2D eigenvalue weighted by molar-refractivity contribution is 6.84. The van der Waals surface area contributed by atoms with Crippen LogP contribution in [0.5, 0.6) is 0 Å². The van der Waals surface area contributed by atoms with Crippen LogP contribution in [0, 0.1) is 0 Å². The van der Waals surface area contributed by atoms with Gasteiger partial charge in [0.2, 0.25) is 0 Å². The van der Waals surface area contributed by atoms with Crippen LogP contribution in [0.1, 0.15) is 19.8 Å². The molecule has 0 fully saturated rings. The quantitative estimate of drug-likeness (QED) is 0.199. The van der Waals surface area contributed by atoms with Crippen molar-refractivity contribution >= 4 is 22.6 Å². The molecule has 0 N–H and O–H groups in total. The number of ether oxygens (including phenoxy) is 3. The Morgan fingerprint density at radius 3 is 1.96 bits per heavy atom. The maximum absolute atomic E-state index is 11.4. The molecule has 0 aromatic heterocycles. The molecule has 0 amide bonds. The second-order valence-electron chi connectivity index (χ2n) is 7.35. The van der Waals surface area contributed by atoms with E-state index in [1.807, 2.05) is 0 Å². The summed E-state index contributed by atoms with van der Waals surface area (Å²) in [6, 6.07) is 2.10. The topological polar surface area (TPSA) is 54.0 Å². The zero-order chi connectivity index (χ0) is 18.6. The number of esters is 1. The summed E-state index contributed by atoms with van der Waals surface area (Å²) in [7, 11) is -1.73. The van der Waals surface area contributed by atoms with Crippen molar-refractivity contribution in [3.05, 3.63) is 12.2 Å². The Bertz CT molecular complexity index is 383. The largest absolute Gasteiger partial charge is 0.462 e. The molecular formula is C17H36O5Si2. The first kappa shape index (κ1) is 23.5. The second kappa shape index (κ2) is 12.0. The molecule has 7 heteroatoms. The van der Waals surface area contributed by atoms with Gasteiger partial charge < -0.3 is 18.3 Å². The molecule has 0 radical (unpaired) electrons. The van der Waals surface area contributed by atoms with Crippen LogP contribution in [0.3, 0.4) is 0 Å². The minimum absolute atomic E-state index is 0.307. The molecule has 0 saturated carbocycles. The van der Waals surface area contributed by atoms with Crippen LogP contribution in [0.2, 0.25) is 38.3 Å². The molecule has 0 aliphatic rings. The molecular weight excluding hydrogens is 340 g/mol. The van der Waals surface area contributed by atoms with Crippen molar-refractivity contribution in [1.29, 1.82) is 0 Å². The van der Waals surface area contributed by atoms with Crippen molar-refractivity contribution in [3.63, 3.8) is 0 Å². The molecule has 0 heterocycles. The summed E-state index contributed by atoms with van der Waals surface area (Å²) in [6.45, 7) is 16.8. The highest BCUT2D eigenvalue weighted by Crippen LogP contribution is 2.23. The van der Waals surface area contributed by atoms with Crippen molar-refractivity contribution in [2.24, 2.45) is 0 Å². The molecule has 0 atom stereocenters. The van der Waals surface area contributed by atoms with Crippen molar-refractivity contribution in [2.75, 3.05) is 33.5 Å². The maximum Gasteiger partial charge on any atom is 0.333 e. The third-order valence-corrected chi connectivity index (χ3v) is 11.1. The van der Waals surface area contributed by atoms with Gasteiger partial charge in [-0.05, 0) is 58.0 Å². The molecule has 0 aliphatic heterocycles. The average Bonchev–Trinajstić information content (AvgIpc) is 2.45. The predicted molar refractivity (Wildman–Crippen MR) is 103 cm³/mol. The van der Waals surface area contributed by atoms with Crippen molar-refractivity contribution in [2.45, 2.75) is 58.0 Å². The molecule has 24 heavy (non-hydrogen) atoms. The lowest BCUT2D eigenvalue weighted by Crippen LogP contribution is -2.44. The Morgan fingerprint density at radius 2 is 1.46 bits per heavy atom. The van der Waals surface area contributed by atoms with Gasteiger partial charge in [-0.2, -0.15) is 0 Å². The number of carbonyl (C=O) groups is 1. The molecule has 0 aliphatic carbocycles. The Hall–Kier alpha value is -0.476. The first-order valence-electron chi connectivity index (χ1n) is 8.69. The van der Waals surface area contributed by atoms with Crippen molar-refractivity contribution in [3.8, 4) is 0 Å². The molecule has 0 aromatic carbocycles. The fourth-order valence-electron chi connectivity index (χ4n) is 2.48. The van der Waals surface area contributed by atoms with Crippen LogP contribution in [0.25, 0.3) is 0 Å². The van der Waals surface area contributed by atoms with E-state index in [1.54, 1.807) is 14.0 Å². The van der Waals surface area contributed by atoms with E-state index in [0.29, 0.717) is 25.4 Å². The van der Waals surface area contributed by atoms with Crippen LogP contribution >= 0.6 is 0 Å². The van der Waals surface area contributed by atoms with Gasteiger partial charge in [0, 0.05) is 19.3 Å². The molecule has 0 saturated heterocycles. The smallest absolute Gasteiger partial charge is 0.333 e. The Labute approximate surface area is 150 Å². The van der Waals surface area contributed by atoms with Gasteiger partial charge in [0.15, 0.2) is 16.6 Å². The fourth-order valence-corrected chi connectivity index (χ4v) is 11.3. The minimum atomic E-state index is -1.73. The first-order chi connectivity index (χ1) is 11.1. The van der Waals surface area contributed by atoms with E-state index in [4.69, 9.17) is 18.3 Å². The summed E-state index contributed by atoms with van der Waals surface area (Å²) >= 11 is 0. The van der Waals surface area contributed by atoms with Crippen LogP contribution in [0.4, 0.5) is 0 Å². The Morgan fingerprint density at radius 1 is 0.917 bits per heavy atom. The van der Waals surface area contributed by atoms with Gasteiger partial charge in [-0.1, -0.05) is 6.58 Å². The van der Waals surface area contributed by atoms with E-state index in [0.717, 1.165) is 31.5 Å². The lowest BCUT2D eigenvalue weighted by Gasteiger charge is -2.34. The lowest BCUT2D eigenvalue weighted by molar-refractivity contribution is -0.138. The number of carbonyl (C=O) groups excluding carboxylic acids is 1. The summed E-state index contributed by atoms with van der Waals surface area (Å²) in [6.07, 6.45) is 1.88. The number of hydrogen-bond acceptors (Lipinski definition) is 5. The Kier molecular flexibility index (Phi) is 11.7. The van der Waals surface area contributed by atoms with Crippen LogP contribution in [-0.2, 0) is 23.1 Å². The molecule has 0 bridgehead atoms. The van der Waals surface area contributed by atoms with Crippen LogP contribution in [0.15, 0.2) is 12.2 Å². The van der Waals surface area contributed by atoms with E-state index >= 15 is 0 Å². The van der Waals surface area contributed by atoms with E-state index in [2.05, 4.69) is 32.8 Å². The molecule has 0 rings (SSSR count). The van der Waals surface area contributed by atoms with Crippen LogP contribution in [-0.4, -0.2) is 56.1 Å². The highest BCUT2D eigenvalue weighted by Gasteiger charge is 2.32. The Balaban J connectivity index is 3.99. The van der Waals surface area contributed by atoms with Gasteiger partial charge in [0.1, 0.15) is 0 Å². The van der Waals surface area contributed by atoms with Gasteiger partial charge in [-0.3, -0.25) is 0 Å². The molecule has 0 aromatic rings. The third kappa shape index (κ3) is 12.9. The summed E-state index contributed by atoms with van der Waals surface area (Å²) in [5, 5.41) is 0. The van der Waals surface area contributed by atoms with E-state index in [1.165, 1.54) is 0 Å².